The van der Waals surface area contributed by atoms with E-state index in [0.29, 0.717) is 15.8 Å². The van der Waals surface area contributed by atoms with Crippen molar-refractivity contribution >= 4 is 33.7 Å². The quantitative estimate of drug-likeness (QED) is 0.276. The fraction of sp³-hybridized carbons (Fsp3) is 0.111. The monoisotopic (exact) mass is 255 g/mol. The van der Waals surface area contributed by atoms with Gasteiger partial charge in [0.05, 0.1) is 10.6 Å². The Morgan fingerprint density at radius 1 is 1.56 bits per heavy atom. The summed E-state index contributed by atoms with van der Waals surface area (Å²) in [6.07, 6.45) is 3.57. The molecule has 2 N–H and O–H groups in total. The highest BCUT2D eigenvalue weighted by molar-refractivity contribution is 8.13. The van der Waals surface area contributed by atoms with Crippen molar-refractivity contribution in [3.05, 3.63) is 24.3 Å². The predicted molar refractivity (Wildman–Crippen MR) is 64.8 cm³/mol. The Labute approximate surface area is 99.9 Å². The Hall–Kier alpha value is -1.36. The van der Waals surface area contributed by atoms with E-state index in [0.717, 1.165) is 0 Å². The van der Waals surface area contributed by atoms with Crippen LogP contribution in [-0.2, 0) is 11.1 Å². The lowest BCUT2D eigenvalue weighted by Crippen LogP contribution is -2.12. The van der Waals surface area contributed by atoms with Gasteiger partial charge in [-0.15, -0.1) is 0 Å². The first kappa shape index (κ1) is 12.7. The normalized spacial score (nSPS) is 12.9. The van der Waals surface area contributed by atoms with Gasteiger partial charge in [0.2, 0.25) is 0 Å². The molecule has 0 fully saturated rings. The Morgan fingerprint density at radius 3 is 2.62 bits per heavy atom. The van der Waals surface area contributed by atoms with Crippen molar-refractivity contribution in [2.75, 3.05) is 6.26 Å². The zero-order valence-electron chi connectivity index (χ0n) is 8.38. The second kappa shape index (κ2) is 6.27. The van der Waals surface area contributed by atoms with Gasteiger partial charge in [0.15, 0.2) is 22.4 Å². The summed E-state index contributed by atoms with van der Waals surface area (Å²) in [7, 11) is 0. The number of nitrogens with one attached hydrogen (secondary N) is 1. The number of hydrogen-bond acceptors (Lipinski definition) is 4. The van der Waals surface area contributed by atoms with Gasteiger partial charge in [0.25, 0.3) is 0 Å². The number of benzene rings is 1. The average molecular weight is 255 g/mol. The van der Waals surface area contributed by atoms with Crippen molar-refractivity contribution in [1.82, 2.24) is 5.32 Å². The molecule has 5 nitrogen and oxygen atoms in total. The molecule has 1 aromatic rings. The lowest BCUT2D eigenvalue weighted by atomic mass is 10.3. The molecule has 0 amide bonds. The number of amidine groups is 1. The topological polar surface area (TPSA) is 85.5 Å². The highest BCUT2D eigenvalue weighted by atomic mass is 32.2. The zero-order valence-corrected chi connectivity index (χ0v) is 10.0. The maximum Gasteiger partial charge on any atom is 0.186 e. The molecule has 0 heterocycles. The first-order chi connectivity index (χ1) is 7.67. The van der Waals surface area contributed by atoms with Gasteiger partial charge in [-0.1, -0.05) is 11.8 Å². The summed E-state index contributed by atoms with van der Waals surface area (Å²) in [6.45, 7) is 0. The molecule has 0 spiro atoms. The van der Waals surface area contributed by atoms with Gasteiger partial charge >= 0.3 is 0 Å². The second-order valence-corrected chi connectivity index (χ2v) is 4.37. The zero-order chi connectivity index (χ0) is 12.0. The van der Waals surface area contributed by atoms with Crippen LogP contribution in [0.15, 0.2) is 34.2 Å². The van der Waals surface area contributed by atoms with Crippen LogP contribution in [-0.4, -0.2) is 20.2 Å². The van der Waals surface area contributed by atoms with Crippen LogP contribution in [0.3, 0.4) is 0 Å². The molecule has 0 aromatic heterocycles. The molecule has 0 saturated heterocycles. The Bertz CT molecular complexity index is 451. The van der Waals surface area contributed by atoms with Gasteiger partial charge in [0, 0.05) is 0 Å². The Balaban J connectivity index is 2.90. The van der Waals surface area contributed by atoms with Crippen LogP contribution in [0.5, 0.6) is 0 Å². The van der Waals surface area contributed by atoms with Crippen molar-refractivity contribution in [3.63, 3.8) is 0 Å². The van der Waals surface area contributed by atoms with Crippen molar-refractivity contribution in [2.24, 2.45) is 4.99 Å². The van der Waals surface area contributed by atoms with Crippen molar-refractivity contribution < 1.29 is 8.76 Å². The molecule has 0 bridgehead atoms. The lowest BCUT2D eigenvalue weighted by Gasteiger charge is -2.00. The molecule has 0 aliphatic heterocycles. The van der Waals surface area contributed by atoms with Crippen LogP contribution in [0.25, 0.3) is 0 Å². The summed E-state index contributed by atoms with van der Waals surface area (Å²) < 4.78 is 19.5. The minimum Gasteiger partial charge on any atom is -0.302 e. The summed E-state index contributed by atoms with van der Waals surface area (Å²) in [5, 5.41) is 11.3. The van der Waals surface area contributed by atoms with E-state index < -0.39 is 11.1 Å². The molecule has 1 aromatic carbocycles. The molecule has 84 valence electrons. The third kappa shape index (κ3) is 3.66. The molecule has 16 heavy (non-hydrogen) atoms. The van der Waals surface area contributed by atoms with Gasteiger partial charge < -0.3 is 4.55 Å². The number of rotatable bonds is 2. The Morgan fingerprint density at radius 2 is 2.19 bits per heavy atom. The predicted octanol–water partition coefficient (Wildman–Crippen LogP) is 1.69. The van der Waals surface area contributed by atoms with Crippen LogP contribution in [0.1, 0.15) is 0 Å². The molecule has 1 unspecified atom stereocenters. The van der Waals surface area contributed by atoms with E-state index in [9.17, 15) is 4.21 Å². The molecule has 0 radical (unpaired) electrons. The maximum atomic E-state index is 10.7. The van der Waals surface area contributed by atoms with Crippen LogP contribution in [0.4, 0.5) is 5.69 Å². The van der Waals surface area contributed by atoms with E-state index in [2.05, 4.69) is 10.3 Å². The van der Waals surface area contributed by atoms with E-state index >= 15 is 0 Å². The third-order valence-corrected chi connectivity index (χ3v) is 2.88. The molecule has 1 rings (SSSR count). The lowest BCUT2D eigenvalue weighted by molar-refractivity contribution is 0.564. The molecule has 0 saturated carbocycles. The fourth-order valence-electron chi connectivity index (χ4n) is 0.927. The van der Waals surface area contributed by atoms with Crippen LogP contribution >= 0.6 is 11.8 Å². The number of aliphatic imine (C=N–C) groups is 1. The number of nitrogens with zero attached hydrogens (tertiary/aromatic N) is 2. The van der Waals surface area contributed by atoms with E-state index in [1.807, 2.05) is 0 Å². The smallest absolute Gasteiger partial charge is 0.186 e. The Kier molecular flexibility index (Phi) is 4.98. The minimum absolute atomic E-state index is 0.317. The summed E-state index contributed by atoms with van der Waals surface area (Å²) in [6, 6.07) is 6.25. The number of hydrogen-bond donors (Lipinski definition) is 2. The first-order valence-electron chi connectivity index (χ1n) is 4.16. The van der Waals surface area contributed by atoms with Gasteiger partial charge in [-0.2, -0.15) is 5.26 Å². The molecular formula is C9H9N3O2S2. The van der Waals surface area contributed by atoms with E-state index in [1.54, 1.807) is 24.6 Å². The van der Waals surface area contributed by atoms with Crippen LogP contribution < -0.4 is 5.32 Å². The fourth-order valence-corrected chi connectivity index (χ4v) is 1.64. The maximum absolute atomic E-state index is 10.7. The summed E-state index contributed by atoms with van der Waals surface area (Å²) in [5.74, 6) is 0. The molecule has 1 atom stereocenters. The SMILES string of the molecule is CSC(=Nc1ccc(S(=O)O)cc1)NC#N. The van der Waals surface area contributed by atoms with Crippen molar-refractivity contribution in [1.29, 1.82) is 5.26 Å². The van der Waals surface area contributed by atoms with Gasteiger partial charge in [-0.05, 0) is 30.5 Å². The van der Waals surface area contributed by atoms with E-state index in [1.165, 1.54) is 23.9 Å². The summed E-state index contributed by atoms with van der Waals surface area (Å²) in [5.41, 5.74) is 0.612. The molecular weight excluding hydrogens is 246 g/mol. The van der Waals surface area contributed by atoms with Crippen LogP contribution in [0, 0.1) is 11.5 Å². The highest BCUT2D eigenvalue weighted by Crippen LogP contribution is 2.16. The van der Waals surface area contributed by atoms with Gasteiger partial charge in [-0.3, -0.25) is 5.32 Å². The molecule has 7 heteroatoms. The van der Waals surface area contributed by atoms with Crippen molar-refractivity contribution in [3.8, 4) is 6.19 Å². The standard InChI is InChI=1S/C9H9N3O2S2/c1-15-9(11-6-10)12-7-2-4-8(5-3-7)16(13)14/h2-5H,1H3,(H,11,12)(H,13,14). The van der Waals surface area contributed by atoms with E-state index in [4.69, 9.17) is 9.81 Å². The highest BCUT2D eigenvalue weighted by Gasteiger charge is 2.00. The number of thioether (sulfide) groups is 1. The molecule has 0 aliphatic carbocycles. The largest absolute Gasteiger partial charge is 0.302 e. The summed E-state index contributed by atoms with van der Waals surface area (Å²) in [4.78, 5) is 4.45. The van der Waals surface area contributed by atoms with Crippen molar-refractivity contribution in [2.45, 2.75) is 4.90 Å². The van der Waals surface area contributed by atoms with Gasteiger partial charge in [0.1, 0.15) is 0 Å². The minimum atomic E-state index is -1.98. The first-order valence-corrected chi connectivity index (χ1v) is 6.49. The van der Waals surface area contributed by atoms with Crippen LogP contribution in [0.2, 0.25) is 0 Å². The van der Waals surface area contributed by atoms with Gasteiger partial charge in [-0.25, -0.2) is 9.20 Å². The average Bonchev–Trinajstić information content (AvgIpc) is 2.29. The second-order valence-electron chi connectivity index (χ2n) is 2.60. The third-order valence-electron chi connectivity index (χ3n) is 1.63. The molecule has 0 aliphatic rings. The number of nitriles is 1. The summed E-state index contributed by atoms with van der Waals surface area (Å²) >= 11 is -0.670. The van der Waals surface area contributed by atoms with E-state index in [-0.39, 0.29) is 0 Å².